The Morgan fingerprint density at radius 3 is 2.78 bits per heavy atom. The number of hydrogen-bond acceptors (Lipinski definition) is 3. The summed E-state index contributed by atoms with van der Waals surface area (Å²) in [6.45, 7) is 2.08. The van der Waals surface area contributed by atoms with Gasteiger partial charge >= 0.3 is 5.97 Å². The number of benzene rings is 1. The average Bonchev–Trinajstić information content (AvgIpc) is 2.29. The number of carbonyl (C=O) groups is 1. The molecule has 0 heterocycles. The Labute approximate surface area is 105 Å². The van der Waals surface area contributed by atoms with Crippen molar-refractivity contribution in [1.82, 2.24) is 0 Å². The van der Waals surface area contributed by atoms with Gasteiger partial charge < -0.3 is 10.5 Å². The van der Waals surface area contributed by atoms with Gasteiger partial charge in [-0.15, -0.1) is 0 Å². The first-order valence-corrected chi connectivity index (χ1v) is 5.90. The van der Waals surface area contributed by atoms with E-state index in [1.165, 1.54) is 12.1 Å². The standard InChI is InChI=1S/C13H17F2NO2/c1-2-18-13(17)5-3-4-12(16)10-7-6-9(14)8-11(10)15/h6-8,12H,2-5,16H2,1H3. The predicted molar refractivity (Wildman–Crippen MR) is 63.8 cm³/mol. The van der Waals surface area contributed by atoms with Crippen molar-refractivity contribution in [1.29, 1.82) is 0 Å². The van der Waals surface area contributed by atoms with Gasteiger partial charge in [0.1, 0.15) is 11.6 Å². The van der Waals surface area contributed by atoms with Crippen LogP contribution in [0.25, 0.3) is 0 Å². The van der Waals surface area contributed by atoms with Gasteiger partial charge in [-0.25, -0.2) is 8.78 Å². The summed E-state index contributed by atoms with van der Waals surface area (Å²) in [6, 6.07) is 2.77. The fourth-order valence-corrected chi connectivity index (χ4v) is 1.66. The maximum absolute atomic E-state index is 13.4. The zero-order valence-corrected chi connectivity index (χ0v) is 10.3. The van der Waals surface area contributed by atoms with Crippen molar-refractivity contribution >= 4 is 5.97 Å². The maximum Gasteiger partial charge on any atom is 0.305 e. The minimum Gasteiger partial charge on any atom is -0.466 e. The highest BCUT2D eigenvalue weighted by molar-refractivity contribution is 5.69. The minimum atomic E-state index is -0.654. The molecule has 1 aromatic rings. The van der Waals surface area contributed by atoms with Crippen molar-refractivity contribution in [3.63, 3.8) is 0 Å². The van der Waals surface area contributed by atoms with E-state index in [1.807, 2.05) is 0 Å². The molecule has 0 aliphatic rings. The second-order valence-corrected chi connectivity index (χ2v) is 3.97. The summed E-state index contributed by atoms with van der Waals surface area (Å²) in [5.41, 5.74) is 6.06. The Morgan fingerprint density at radius 1 is 1.44 bits per heavy atom. The van der Waals surface area contributed by atoms with Crippen molar-refractivity contribution in [2.75, 3.05) is 6.61 Å². The van der Waals surface area contributed by atoms with Gasteiger partial charge in [-0.3, -0.25) is 4.79 Å². The van der Waals surface area contributed by atoms with Crippen LogP contribution in [-0.2, 0) is 9.53 Å². The van der Waals surface area contributed by atoms with Crippen molar-refractivity contribution in [2.24, 2.45) is 5.73 Å². The molecule has 0 bridgehead atoms. The van der Waals surface area contributed by atoms with Gasteiger partial charge in [0.25, 0.3) is 0 Å². The van der Waals surface area contributed by atoms with Gasteiger partial charge in [0, 0.05) is 24.1 Å². The molecular weight excluding hydrogens is 240 g/mol. The molecule has 100 valence electrons. The summed E-state index contributed by atoms with van der Waals surface area (Å²) in [4.78, 5) is 11.1. The van der Waals surface area contributed by atoms with Crippen LogP contribution >= 0.6 is 0 Å². The highest BCUT2D eigenvalue weighted by Gasteiger charge is 2.13. The van der Waals surface area contributed by atoms with E-state index in [0.717, 1.165) is 6.07 Å². The topological polar surface area (TPSA) is 52.3 Å². The predicted octanol–water partition coefficient (Wildman–Crippen LogP) is 2.70. The van der Waals surface area contributed by atoms with E-state index in [4.69, 9.17) is 10.5 Å². The molecule has 2 N–H and O–H groups in total. The van der Waals surface area contributed by atoms with E-state index in [0.29, 0.717) is 19.4 Å². The van der Waals surface area contributed by atoms with Crippen LogP contribution in [-0.4, -0.2) is 12.6 Å². The lowest BCUT2D eigenvalue weighted by Gasteiger charge is -2.12. The van der Waals surface area contributed by atoms with Crippen LogP contribution in [0.3, 0.4) is 0 Å². The second-order valence-electron chi connectivity index (χ2n) is 3.97. The molecule has 0 amide bonds. The summed E-state index contributed by atoms with van der Waals surface area (Å²) >= 11 is 0. The van der Waals surface area contributed by atoms with Crippen LogP contribution in [0.4, 0.5) is 8.78 Å². The average molecular weight is 257 g/mol. The lowest BCUT2D eigenvalue weighted by Crippen LogP contribution is -2.13. The van der Waals surface area contributed by atoms with Gasteiger partial charge in [-0.05, 0) is 25.8 Å². The molecule has 1 aromatic carbocycles. The molecule has 0 aliphatic carbocycles. The highest BCUT2D eigenvalue weighted by atomic mass is 19.1. The summed E-state index contributed by atoms with van der Waals surface area (Å²) in [6.07, 6.45) is 1.21. The monoisotopic (exact) mass is 257 g/mol. The Morgan fingerprint density at radius 2 is 2.17 bits per heavy atom. The number of ether oxygens (including phenoxy) is 1. The van der Waals surface area contributed by atoms with E-state index in [9.17, 15) is 13.6 Å². The SMILES string of the molecule is CCOC(=O)CCCC(N)c1ccc(F)cc1F. The minimum absolute atomic E-state index is 0.254. The Hall–Kier alpha value is -1.49. The van der Waals surface area contributed by atoms with Gasteiger partial charge in [0.2, 0.25) is 0 Å². The number of nitrogens with two attached hydrogens (primary N) is 1. The van der Waals surface area contributed by atoms with E-state index >= 15 is 0 Å². The first-order chi connectivity index (χ1) is 8.54. The molecule has 0 saturated carbocycles. The molecule has 0 spiro atoms. The summed E-state index contributed by atoms with van der Waals surface area (Å²) in [7, 11) is 0. The zero-order chi connectivity index (χ0) is 13.5. The van der Waals surface area contributed by atoms with Crippen molar-refractivity contribution in [2.45, 2.75) is 32.2 Å². The molecule has 5 heteroatoms. The third-order valence-electron chi connectivity index (χ3n) is 2.56. The quantitative estimate of drug-likeness (QED) is 0.797. The van der Waals surface area contributed by atoms with Crippen LogP contribution in [0, 0.1) is 11.6 Å². The highest BCUT2D eigenvalue weighted by Crippen LogP contribution is 2.20. The lowest BCUT2D eigenvalue weighted by atomic mass is 10.0. The first-order valence-electron chi connectivity index (χ1n) is 5.90. The number of hydrogen-bond donors (Lipinski definition) is 1. The van der Waals surface area contributed by atoms with E-state index < -0.39 is 17.7 Å². The molecule has 3 nitrogen and oxygen atoms in total. The van der Waals surface area contributed by atoms with Crippen LogP contribution < -0.4 is 5.73 Å². The summed E-state index contributed by atoms with van der Waals surface area (Å²) < 4.78 is 30.9. The van der Waals surface area contributed by atoms with E-state index in [1.54, 1.807) is 6.92 Å². The number of esters is 1. The van der Waals surface area contributed by atoms with Crippen molar-refractivity contribution in [3.8, 4) is 0 Å². The Bertz CT molecular complexity index is 410. The van der Waals surface area contributed by atoms with Gasteiger partial charge in [0.05, 0.1) is 6.61 Å². The fourth-order valence-electron chi connectivity index (χ4n) is 1.66. The molecule has 1 rings (SSSR count). The van der Waals surface area contributed by atoms with E-state index in [-0.39, 0.29) is 18.0 Å². The molecule has 1 unspecified atom stereocenters. The molecular formula is C13H17F2NO2. The molecule has 0 radical (unpaired) electrons. The molecule has 1 atom stereocenters. The number of halogens is 2. The van der Waals surface area contributed by atoms with Crippen LogP contribution in [0.5, 0.6) is 0 Å². The maximum atomic E-state index is 13.4. The fraction of sp³-hybridized carbons (Fsp3) is 0.462. The van der Waals surface area contributed by atoms with Gasteiger partial charge in [0.15, 0.2) is 0 Å². The number of rotatable bonds is 6. The van der Waals surface area contributed by atoms with Crippen molar-refractivity contribution < 1.29 is 18.3 Å². The Balaban J connectivity index is 2.45. The second kappa shape index (κ2) is 7.06. The lowest BCUT2D eigenvalue weighted by molar-refractivity contribution is -0.143. The summed E-state index contributed by atoms with van der Waals surface area (Å²) in [5.74, 6) is -1.57. The summed E-state index contributed by atoms with van der Waals surface area (Å²) in [5, 5.41) is 0. The third-order valence-corrected chi connectivity index (χ3v) is 2.56. The van der Waals surface area contributed by atoms with Crippen molar-refractivity contribution in [3.05, 3.63) is 35.4 Å². The van der Waals surface area contributed by atoms with Gasteiger partial charge in [-0.2, -0.15) is 0 Å². The van der Waals surface area contributed by atoms with Crippen LogP contribution in [0.1, 0.15) is 37.8 Å². The smallest absolute Gasteiger partial charge is 0.305 e. The van der Waals surface area contributed by atoms with Gasteiger partial charge in [-0.1, -0.05) is 6.07 Å². The first kappa shape index (κ1) is 14.6. The molecule has 0 saturated heterocycles. The molecule has 18 heavy (non-hydrogen) atoms. The zero-order valence-electron chi connectivity index (χ0n) is 10.3. The third kappa shape index (κ3) is 4.41. The molecule has 0 aliphatic heterocycles. The van der Waals surface area contributed by atoms with Crippen LogP contribution in [0.15, 0.2) is 18.2 Å². The number of carbonyl (C=O) groups excluding carboxylic acids is 1. The van der Waals surface area contributed by atoms with Crippen LogP contribution in [0.2, 0.25) is 0 Å². The molecule has 0 fully saturated rings. The Kier molecular flexibility index (Phi) is 5.71. The normalized spacial score (nSPS) is 12.2. The van der Waals surface area contributed by atoms with E-state index in [2.05, 4.69) is 0 Å². The molecule has 0 aromatic heterocycles. The largest absolute Gasteiger partial charge is 0.466 e.